The Morgan fingerprint density at radius 2 is 1.46 bits per heavy atom. The Bertz CT molecular complexity index is 172. The second-order valence-electron chi connectivity index (χ2n) is 1.80. The zero-order valence-corrected chi connectivity index (χ0v) is 12.5. The summed E-state index contributed by atoms with van der Waals surface area (Å²) in [6.07, 6.45) is 1.00. The number of hydrogen-bond acceptors (Lipinski definition) is 0. The Morgan fingerprint density at radius 3 is 1.85 bits per heavy atom. The quantitative estimate of drug-likeness (QED) is 0.670. The third-order valence-corrected chi connectivity index (χ3v) is 2.06. The van der Waals surface area contributed by atoms with E-state index in [-0.39, 0.29) is 0 Å². The third kappa shape index (κ3) is 11.3. The summed E-state index contributed by atoms with van der Waals surface area (Å²) >= 11 is 14.7. The van der Waals surface area contributed by atoms with Gasteiger partial charge in [0, 0.05) is 6.16 Å². The molecule has 0 bridgehead atoms. The average molecular weight is 295 g/mol. The minimum absolute atomic E-state index is 0.507. The van der Waals surface area contributed by atoms with Crippen molar-refractivity contribution in [3.05, 3.63) is 35.9 Å². The third-order valence-electron chi connectivity index (χ3n) is 1.11. The van der Waals surface area contributed by atoms with Crippen molar-refractivity contribution in [1.82, 2.24) is 0 Å². The Morgan fingerprint density at radius 1 is 1.00 bits per heavy atom. The van der Waals surface area contributed by atoms with Crippen LogP contribution in [0.4, 0.5) is 0 Å². The smallest absolute Gasteiger partial charge is 0.00384 e. The molecular formula is C7H12Cl3P3. The summed E-state index contributed by atoms with van der Waals surface area (Å²) in [5.41, 5.74) is 1.32. The highest BCUT2D eigenvalue weighted by atomic mass is 35.7. The maximum atomic E-state index is 5.56. The van der Waals surface area contributed by atoms with E-state index in [2.05, 4.69) is 34.6 Å². The molecule has 0 saturated heterocycles. The molecule has 6 heteroatoms. The van der Waals surface area contributed by atoms with Crippen LogP contribution in [-0.4, -0.2) is 0 Å². The first-order valence-corrected chi connectivity index (χ1v) is 8.95. The van der Waals surface area contributed by atoms with Crippen LogP contribution in [0.2, 0.25) is 0 Å². The van der Waals surface area contributed by atoms with Crippen molar-refractivity contribution in [3.8, 4) is 0 Å². The van der Waals surface area contributed by atoms with Crippen LogP contribution in [0.1, 0.15) is 5.56 Å². The summed E-state index contributed by atoms with van der Waals surface area (Å²) in [7, 11) is 4.29. The number of hydrogen-bond donors (Lipinski definition) is 0. The van der Waals surface area contributed by atoms with Crippen molar-refractivity contribution in [2.75, 3.05) is 0 Å². The summed E-state index contributed by atoms with van der Waals surface area (Å²) in [5, 5.41) is 0. The van der Waals surface area contributed by atoms with E-state index in [1.807, 2.05) is 35.4 Å². The lowest BCUT2D eigenvalue weighted by molar-refractivity contribution is 1.42. The van der Waals surface area contributed by atoms with Crippen LogP contribution < -0.4 is 0 Å². The Balaban J connectivity index is 0. The monoisotopic (exact) mass is 294 g/mol. The molecule has 13 heavy (non-hydrogen) atoms. The summed E-state index contributed by atoms with van der Waals surface area (Å²) in [5.74, 6) is 0. The fraction of sp³-hybridized carbons (Fsp3) is 0.143. The molecule has 76 valence electrons. The average Bonchev–Trinajstić information content (AvgIpc) is 2.26. The Labute approximate surface area is 101 Å². The lowest BCUT2D eigenvalue weighted by atomic mass is 10.2. The highest BCUT2D eigenvalue weighted by molar-refractivity contribution is 7.67. The van der Waals surface area contributed by atoms with Gasteiger partial charge in [0.25, 0.3) is 0 Å². The van der Waals surface area contributed by atoms with Crippen molar-refractivity contribution < 1.29 is 0 Å². The molecule has 0 aliphatic rings. The molecule has 0 spiro atoms. The van der Waals surface area contributed by atoms with Gasteiger partial charge in [-0.2, -0.15) is 0 Å². The molecule has 0 aliphatic heterocycles. The van der Waals surface area contributed by atoms with Gasteiger partial charge in [-0.3, -0.25) is 0 Å². The van der Waals surface area contributed by atoms with Gasteiger partial charge < -0.3 is 0 Å². The lowest BCUT2D eigenvalue weighted by Gasteiger charge is -1.92. The van der Waals surface area contributed by atoms with E-state index in [4.69, 9.17) is 11.2 Å². The zero-order valence-electron chi connectivity index (χ0n) is 6.88. The molecule has 0 aromatic heterocycles. The molecule has 0 N–H and O–H groups in total. The molecule has 0 nitrogen and oxygen atoms in total. The topological polar surface area (TPSA) is 0 Å². The molecule has 0 saturated carbocycles. The first kappa shape index (κ1) is 16.8. The number of benzene rings is 1. The molecule has 1 aromatic rings. The van der Waals surface area contributed by atoms with Crippen molar-refractivity contribution in [2.24, 2.45) is 0 Å². The van der Waals surface area contributed by atoms with Crippen molar-refractivity contribution in [2.45, 2.75) is 6.16 Å². The molecule has 3 atom stereocenters. The van der Waals surface area contributed by atoms with Crippen LogP contribution in [0.15, 0.2) is 30.3 Å². The number of rotatable bonds is 2. The predicted molar refractivity (Wildman–Crippen MR) is 75.4 cm³/mol. The van der Waals surface area contributed by atoms with Crippen LogP contribution in [0.5, 0.6) is 0 Å². The maximum absolute atomic E-state index is 5.56. The second-order valence-corrected chi connectivity index (χ2v) is 3.22. The minimum atomic E-state index is 0.507. The molecule has 0 aliphatic carbocycles. The van der Waals surface area contributed by atoms with E-state index >= 15 is 0 Å². The van der Waals surface area contributed by atoms with Gasteiger partial charge in [0.2, 0.25) is 0 Å². The van der Waals surface area contributed by atoms with E-state index in [1.165, 1.54) is 5.56 Å². The summed E-state index contributed by atoms with van der Waals surface area (Å²) in [6.45, 7) is 0. The van der Waals surface area contributed by atoms with Gasteiger partial charge in [-0.15, -0.1) is 22.5 Å². The summed E-state index contributed by atoms with van der Waals surface area (Å²) < 4.78 is 0. The van der Waals surface area contributed by atoms with Gasteiger partial charge in [0.05, 0.1) is 0 Å². The molecule has 1 aromatic carbocycles. The molecule has 0 radical (unpaired) electrons. The highest BCUT2D eigenvalue weighted by Gasteiger charge is 1.85. The lowest BCUT2D eigenvalue weighted by Crippen LogP contribution is -1.72. The summed E-state index contributed by atoms with van der Waals surface area (Å²) in [6, 6.07) is 10.3. The molecule has 0 fully saturated rings. The van der Waals surface area contributed by atoms with Gasteiger partial charge in [-0.25, -0.2) is 0 Å². The standard InChI is InChI=1S/C7H8ClP.2ClH2P/c8-9-6-7-4-2-1-3-5-7;2*1-2/h1-5,9H,6H2;2*2H2. The SMILES string of the molecule is ClPCc1ccccc1.PCl.PCl. The highest BCUT2D eigenvalue weighted by Crippen LogP contribution is 2.21. The van der Waals surface area contributed by atoms with Crippen molar-refractivity contribution in [3.63, 3.8) is 0 Å². The fourth-order valence-corrected chi connectivity index (χ4v) is 1.53. The van der Waals surface area contributed by atoms with E-state index in [0.29, 0.717) is 7.93 Å². The second kappa shape index (κ2) is 15.8. The van der Waals surface area contributed by atoms with E-state index in [0.717, 1.165) is 6.16 Å². The van der Waals surface area contributed by atoms with Crippen LogP contribution in [-0.2, 0) is 6.16 Å². The molecule has 3 unspecified atom stereocenters. The van der Waals surface area contributed by atoms with Gasteiger partial charge in [-0.1, -0.05) is 41.6 Å². The zero-order chi connectivity index (χ0) is 10.5. The normalized spacial score (nSPS) is 8.38. The van der Waals surface area contributed by atoms with Crippen LogP contribution >= 0.6 is 58.8 Å². The van der Waals surface area contributed by atoms with E-state index in [9.17, 15) is 0 Å². The predicted octanol–water partition coefficient (Wildman–Crippen LogP) is 5.05. The van der Waals surface area contributed by atoms with Gasteiger partial charge >= 0.3 is 0 Å². The first-order valence-electron chi connectivity index (χ1n) is 3.24. The molecule has 0 heterocycles. The van der Waals surface area contributed by atoms with Crippen LogP contribution in [0.3, 0.4) is 0 Å². The first-order chi connectivity index (χ1) is 6.43. The molecular weight excluding hydrogens is 283 g/mol. The Hall–Kier alpha value is 1.38. The van der Waals surface area contributed by atoms with E-state index in [1.54, 1.807) is 0 Å². The minimum Gasteiger partial charge on any atom is -0.104 e. The van der Waals surface area contributed by atoms with Crippen LogP contribution in [0, 0.1) is 0 Å². The van der Waals surface area contributed by atoms with Gasteiger partial charge in [0.1, 0.15) is 0 Å². The van der Waals surface area contributed by atoms with Crippen molar-refractivity contribution in [1.29, 1.82) is 0 Å². The number of halogens is 3. The van der Waals surface area contributed by atoms with Crippen molar-refractivity contribution >= 4 is 58.8 Å². The summed E-state index contributed by atoms with van der Waals surface area (Å²) in [4.78, 5) is 0. The largest absolute Gasteiger partial charge is 0.104 e. The van der Waals surface area contributed by atoms with Crippen LogP contribution in [0.25, 0.3) is 0 Å². The maximum Gasteiger partial charge on any atom is 0.00384 e. The Kier molecular flexibility index (Phi) is 20.5. The molecule has 1 rings (SSSR count). The van der Waals surface area contributed by atoms with E-state index < -0.39 is 0 Å². The van der Waals surface area contributed by atoms with Gasteiger partial charge in [0.15, 0.2) is 0 Å². The molecule has 0 amide bonds. The fourth-order valence-electron chi connectivity index (χ4n) is 0.673. The van der Waals surface area contributed by atoms with Gasteiger partial charge in [-0.05, 0) is 30.7 Å².